The lowest BCUT2D eigenvalue weighted by atomic mass is 10.1. The summed E-state index contributed by atoms with van der Waals surface area (Å²) in [5, 5.41) is 8.81. The van der Waals surface area contributed by atoms with Gasteiger partial charge >= 0.3 is 0 Å². The lowest BCUT2D eigenvalue weighted by Crippen LogP contribution is -2.13. The number of nitriles is 1. The van der Waals surface area contributed by atoms with Gasteiger partial charge in [-0.3, -0.25) is 4.79 Å². The van der Waals surface area contributed by atoms with Gasteiger partial charge in [-0.15, -0.1) is 0 Å². The summed E-state index contributed by atoms with van der Waals surface area (Å²) in [4.78, 5) is 11.8. The van der Waals surface area contributed by atoms with Crippen LogP contribution in [0.15, 0.2) is 23.1 Å². The third-order valence-corrected chi connectivity index (χ3v) is 2.58. The number of aromatic nitrogens is 1. The van der Waals surface area contributed by atoms with Crippen LogP contribution in [0, 0.1) is 23.0 Å². The Bertz CT molecular complexity index is 698. The van der Waals surface area contributed by atoms with Crippen LogP contribution < -0.4 is 5.43 Å². The van der Waals surface area contributed by atoms with Crippen molar-refractivity contribution in [2.24, 2.45) is 0 Å². The van der Waals surface area contributed by atoms with E-state index in [-0.39, 0.29) is 16.5 Å². The zero-order valence-electron chi connectivity index (χ0n) is 9.00. The molecule has 0 amide bonds. The largest absolute Gasteiger partial charge is 0.346 e. The molecule has 1 aromatic carbocycles. The molecule has 2 aromatic rings. The molecule has 0 unspecified atom stereocenters. The van der Waals surface area contributed by atoms with Crippen molar-refractivity contribution in [1.29, 1.82) is 5.26 Å². The number of hydrogen-bond donors (Lipinski definition) is 0. The van der Waals surface area contributed by atoms with Crippen molar-refractivity contribution in [1.82, 2.24) is 4.57 Å². The van der Waals surface area contributed by atoms with E-state index in [0.717, 1.165) is 12.1 Å². The molecule has 17 heavy (non-hydrogen) atoms. The first-order chi connectivity index (χ1) is 8.08. The Morgan fingerprint density at radius 1 is 1.35 bits per heavy atom. The first-order valence-electron chi connectivity index (χ1n) is 5.00. The Balaban J connectivity index is 3.01. The van der Waals surface area contributed by atoms with Gasteiger partial charge in [-0.1, -0.05) is 0 Å². The van der Waals surface area contributed by atoms with Crippen molar-refractivity contribution < 1.29 is 8.78 Å². The number of halogens is 2. The van der Waals surface area contributed by atoms with Crippen molar-refractivity contribution in [3.63, 3.8) is 0 Å². The fraction of sp³-hybridized carbons (Fsp3) is 0.167. The van der Waals surface area contributed by atoms with Gasteiger partial charge in [-0.05, 0) is 13.0 Å². The van der Waals surface area contributed by atoms with Gasteiger partial charge in [0.1, 0.15) is 11.6 Å². The van der Waals surface area contributed by atoms with Gasteiger partial charge in [0.25, 0.3) is 0 Å². The lowest BCUT2D eigenvalue weighted by Gasteiger charge is -2.09. The van der Waals surface area contributed by atoms with Crippen LogP contribution in [0.2, 0.25) is 0 Å². The van der Waals surface area contributed by atoms with Gasteiger partial charge in [-0.25, -0.2) is 8.78 Å². The SMILES string of the molecule is CCn1cc(C#N)c(=O)c2cc(F)c(F)cc21. The van der Waals surface area contributed by atoms with E-state index in [1.165, 1.54) is 10.8 Å². The fourth-order valence-electron chi connectivity index (χ4n) is 1.73. The quantitative estimate of drug-likeness (QED) is 0.759. The van der Waals surface area contributed by atoms with Crippen molar-refractivity contribution >= 4 is 10.9 Å². The molecule has 0 saturated carbocycles. The van der Waals surface area contributed by atoms with Gasteiger partial charge < -0.3 is 4.57 Å². The molecule has 0 aliphatic heterocycles. The second kappa shape index (κ2) is 3.98. The summed E-state index contributed by atoms with van der Waals surface area (Å²) in [5.74, 6) is -2.10. The van der Waals surface area contributed by atoms with Crippen LogP contribution in [0.5, 0.6) is 0 Å². The summed E-state index contributed by atoms with van der Waals surface area (Å²) in [6.07, 6.45) is 1.35. The molecule has 3 nitrogen and oxygen atoms in total. The summed E-state index contributed by atoms with van der Waals surface area (Å²) >= 11 is 0. The maximum absolute atomic E-state index is 13.1. The fourth-order valence-corrected chi connectivity index (χ4v) is 1.73. The van der Waals surface area contributed by atoms with Gasteiger partial charge in [0.05, 0.1) is 10.9 Å². The van der Waals surface area contributed by atoms with Crippen LogP contribution >= 0.6 is 0 Å². The molecule has 0 N–H and O–H groups in total. The Hall–Kier alpha value is -2.22. The molecule has 0 fully saturated rings. The summed E-state index contributed by atoms with van der Waals surface area (Å²) in [5.41, 5.74) is -0.369. The second-order valence-electron chi connectivity index (χ2n) is 3.55. The van der Waals surface area contributed by atoms with Crippen LogP contribution in [0.4, 0.5) is 8.78 Å². The third-order valence-electron chi connectivity index (χ3n) is 2.58. The molecular formula is C12H8F2N2O. The number of pyridine rings is 1. The Morgan fingerprint density at radius 3 is 2.59 bits per heavy atom. The summed E-state index contributed by atoms with van der Waals surface area (Å²) in [6.45, 7) is 2.24. The predicted octanol–water partition coefficient (Wildman–Crippen LogP) is 2.17. The molecule has 2 rings (SSSR count). The van der Waals surface area contributed by atoms with E-state index in [1.54, 1.807) is 13.0 Å². The molecule has 0 atom stereocenters. The zero-order chi connectivity index (χ0) is 12.6. The Labute approximate surface area is 95.5 Å². The van der Waals surface area contributed by atoms with E-state index in [1.807, 2.05) is 0 Å². The molecular weight excluding hydrogens is 226 g/mol. The van der Waals surface area contributed by atoms with Gasteiger partial charge in [0.2, 0.25) is 5.43 Å². The van der Waals surface area contributed by atoms with Gasteiger partial charge in [0.15, 0.2) is 11.6 Å². The highest BCUT2D eigenvalue weighted by atomic mass is 19.2. The van der Waals surface area contributed by atoms with Crippen LogP contribution in [0.1, 0.15) is 12.5 Å². The minimum absolute atomic E-state index is 0.0183. The van der Waals surface area contributed by atoms with E-state index in [2.05, 4.69) is 0 Å². The molecule has 0 bridgehead atoms. The van der Waals surface area contributed by atoms with Crippen LogP contribution in [0.3, 0.4) is 0 Å². The predicted molar refractivity (Wildman–Crippen MR) is 58.5 cm³/mol. The normalized spacial score (nSPS) is 10.5. The maximum atomic E-state index is 13.1. The Kier molecular flexibility index (Phi) is 2.64. The standard InChI is InChI=1S/C12H8F2N2O/c1-2-16-6-7(5-15)12(17)8-3-9(13)10(14)4-11(8)16/h3-4,6H,2H2,1H3. The highest BCUT2D eigenvalue weighted by Gasteiger charge is 2.12. The molecule has 86 valence electrons. The molecule has 0 radical (unpaired) electrons. The average molecular weight is 234 g/mol. The highest BCUT2D eigenvalue weighted by Crippen LogP contribution is 2.16. The van der Waals surface area contributed by atoms with E-state index >= 15 is 0 Å². The number of rotatable bonds is 1. The molecule has 0 spiro atoms. The summed E-state index contributed by atoms with van der Waals surface area (Å²) in [7, 11) is 0. The van der Waals surface area contributed by atoms with Crippen LogP contribution in [-0.4, -0.2) is 4.57 Å². The maximum Gasteiger partial charge on any atom is 0.207 e. The summed E-state index contributed by atoms with van der Waals surface area (Å²) < 4.78 is 27.8. The molecule has 0 aliphatic carbocycles. The lowest BCUT2D eigenvalue weighted by molar-refractivity contribution is 0.510. The topological polar surface area (TPSA) is 45.8 Å². The summed E-state index contributed by atoms with van der Waals surface area (Å²) in [6, 6.07) is 3.55. The van der Waals surface area contributed by atoms with Crippen molar-refractivity contribution in [3.8, 4) is 6.07 Å². The second-order valence-corrected chi connectivity index (χ2v) is 3.55. The third kappa shape index (κ3) is 1.68. The number of fused-ring (bicyclic) bond motifs is 1. The van der Waals surface area contributed by atoms with Crippen molar-refractivity contribution in [2.45, 2.75) is 13.5 Å². The molecule has 1 heterocycles. The number of hydrogen-bond acceptors (Lipinski definition) is 2. The minimum Gasteiger partial charge on any atom is -0.346 e. The van der Waals surface area contributed by atoms with Gasteiger partial charge in [0, 0.05) is 18.8 Å². The van der Waals surface area contributed by atoms with E-state index in [9.17, 15) is 13.6 Å². The minimum atomic E-state index is -1.09. The smallest absolute Gasteiger partial charge is 0.207 e. The number of benzene rings is 1. The average Bonchev–Trinajstić information content (AvgIpc) is 2.32. The molecule has 0 aliphatic rings. The molecule has 5 heteroatoms. The Morgan fingerprint density at radius 2 is 2.00 bits per heavy atom. The first kappa shape index (κ1) is 11.3. The van der Waals surface area contributed by atoms with E-state index < -0.39 is 17.1 Å². The highest BCUT2D eigenvalue weighted by molar-refractivity contribution is 5.80. The van der Waals surface area contributed by atoms with E-state index in [0.29, 0.717) is 6.54 Å². The number of nitrogens with zero attached hydrogens (tertiary/aromatic N) is 2. The molecule has 0 saturated heterocycles. The number of aryl methyl sites for hydroxylation is 1. The van der Waals surface area contributed by atoms with Crippen molar-refractivity contribution in [2.75, 3.05) is 0 Å². The monoisotopic (exact) mass is 234 g/mol. The van der Waals surface area contributed by atoms with Gasteiger partial charge in [-0.2, -0.15) is 5.26 Å². The first-order valence-corrected chi connectivity index (χ1v) is 5.00. The van der Waals surface area contributed by atoms with E-state index in [4.69, 9.17) is 5.26 Å². The van der Waals surface area contributed by atoms with Crippen LogP contribution in [-0.2, 0) is 6.54 Å². The van der Waals surface area contributed by atoms with Crippen molar-refractivity contribution in [3.05, 3.63) is 45.8 Å². The zero-order valence-corrected chi connectivity index (χ0v) is 9.00. The van der Waals surface area contributed by atoms with Crippen LogP contribution in [0.25, 0.3) is 10.9 Å². The molecule has 1 aromatic heterocycles.